The van der Waals surface area contributed by atoms with Gasteiger partial charge in [0.15, 0.2) is 11.5 Å². The molecule has 41 heavy (non-hydrogen) atoms. The molecule has 206 valence electrons. The van der Waals surface area contributed by atoms with Gasteiger partial charge >= 0.3 is 5.97 Å². The van der Waals surface area contributed by atoms with E-state index in [4.69, 9.17) is 44.3 Å². The van der Waals surface area contributed by atoms with Crippen LogP contribution in [0.5, 0.6) is 11.5 Å². The van der Waals surface area contributed by atoms with E-state index in [1.807, 2.05) is 19.1 Å². The highest BCUT2D eigenvalue weighted by Gasteiger charge is 2.23. The summed E-state index contributed by atoms with van der Waals surface area (Å²) in [4.78, 5) is 28.9. The van der Waals surface area contributed by atoms with Crippen molar-refractivity contribution in [2.24, 2.45) is 5.10 Å². The Kier molecular flexibility index (Phi) is 8.59. The Morgan fingerprint density at radius 3 is 2.41 bits per heavy atom. The lowest BCUT2D eigenvalue weighted by atomic mass is 10.0. The third-order valence-electron chi connectivity index (χ3n) is 6.04. The third-order valence-corrected chi connectivity index (χ3v) is 6.89. The van der Waals surface area contributed by atoms with Crippen molar-refractivity contribution < 1.29 is 19.1 Å². The lowest BCUT2D eigenvalue weighted by molar-refractivity contribution is 0.0728. The number of carbonyl (C=O) groups is 2. The smallest absolute Gasteiger partial charge is 0.343 e. The van der Waals surface area contributed by atoms with Crippen LogP contribution < -0.4 is 14.9 Å². The second-order valence-corrected chi connectivity index (χ2v) is 10.0. The zero-order chi connectivity index (χ0) is 28.9. The van der Waals surface area contributed by atoms with Gasteiger partial charge in [-0.2, -0.15) is 5.10 Å². The number of nitrogens with zero attached hydrogens (tertiary/aromatic N) is 1. The molecule has 0 spiro atoms. The summed E-state index contributed by atoms with van der Waals surface area (Å²) in [6, 6.07) is 24.1. The van der Waals surface area contributed by atoms with Crippen LogP contribution in [0.2, 0.25) is 15.1 Å². The Morgan fingerprint density at radius 1 is 0.902 bits per heavy atom. The molecule has 0 aliphatic heterocycles. The van der Waals surface area contributed by atoms with E-state index in [0.717, 1.165) is 0 Å². The SMILES string of the molecule is CCOc1cc(C=NNC(=O)c2[nH]c3cc(Cl)cc(Cl)c3c2-c2ccccc2Cl)ccc1OC(=O)c1ccccc1. The van der Waals surface area contributed by atoms with Crippen LogP contribution >= 0.6 is 34.8 Å². The minimum absolute atomic E-state index is 0.215. The van der Waals surface area contributed by atoms with Crippen molar-refractivity contribution in [1.29, 1.82) is 0 Å². The molecule has 10 heteroatoms. The molecule has 1 amide bonds. The highest BCUT2D eigenvalue weighted by Crippen LogP contribution is 2.41. The quantitative estimate of drug-likeness (QED) is 0.0806. The summed E-state index contributed by atoms with van der Waals surface area (Å²) in [5, 5.41) is 5.98. The van der Waals surface area contributed by atoms with Gasteiger partial charge in [0.25, 0.3) is 5.91 Å². The van der Waals surface area contributed by atoms with Crippen molar-refractivity contribution in [1.82, 2.24) is 10.4 Å². The lowest BCUT2D eigenvalue weighted by Gasteiger charge is -2.11. The fourth-order valence-corrected chi connectivity index (χ4v) is 5.08. The van der Waals surface area contributed by atoms with Gasteiger partial charge < -0.3 is 14.5 Å². The molecule has 0 atom stereocenters. The maximum absolute atomic E-state index is 13.3. The fourth-order valence-electron chi connectivity index (χ4n) is 4.26. The molecule has 5 aromatic rings. The fraction of sp³-hybridized carbons (Fsp3) is 0.0645. The number of rotatable bonds is 8. The van der Waals surface area contributed by atoms with E-state index < -0.39 is 11.9 Å². The predicted molar refractivity (Wildman–Crippen MR) is 163 cm³/mol. The van der Waals surface area contributed by atoms with Gasteiger partial charge in [-0.1, -0.05) is 71.2 Å². The summed E-state index contributed by atoms with van der Waals surface area (Å²) >= 11 is 19.2. The molecule has 1 aromatic heterocycles. The Morgan fingerprint density at radius 2 is 1.66 bits per heavy atom. The summed E-state index contributed by atoms with van der Waals surface area (Å²) in [7, 11) is 0. The molecule has 0 bridgehead atoms. The minimum Gasteiger partial charge on any atom is -0.490 e. The molecule has 0 saturated heterocycles. The molecule has 7 nitrogen and oxygen atoms in total. The molecule has 5 rings (SSSR count). The number of ether oxygens (including phenoxy) is 2. The number of amides is 1. The van der Waals surface area contributed by atoms with Crippen LogP contribution in [0.4, 0.5) is 0 Å². The maximum Gasteiger partial charge on any atom is 0.343 e. The van der Waals surface area contributed by atoms with Gasteiger partial charge in [0.1, 0.15) is 5.69 Å². The van der Waals surface area contributed by atoms with Crippen LogP contribution in [-0.2, 0) is 0 Å². The monoisotopic (exact) mass is 605 g/mol. The van der Waals surface area contributed by atoms with Crippen molar-refractivity contribution in [3.8, 4) is 22.6 Å². The minimum atomic E-state index is -0.516. The molecular formula is C31H22Cl3N3O4. The van der Waals surface area contributed by atoms with Crippen LogP contribution in [0.15, 0.2) is 90.0 Å². The molecule has 0 aliphatic carbocycles. The zero-order valence-electron chi connectivity index (χ0n) is 21.6. The van der Waals surface area contributed by atoms with Crippen molar-refractivity contribution in [2.45, 2.75) is 6.92 Å². The van der Waals surface area contributed by atoms with Crippen LogP contribution in [0.1, 0.15) is 33.3 Å². The molecular weight excluding hydrogens is 585 g/mol. The van der Waals surface area contributed by atoms with E-state index in [-0.39, 0.29) is 11.4 Å². The number of hydrogen-bond donors (Lipinski definition) is 2. The van der Waals surface area contributed by atoms with E-state index >= 15 is 0 Å². The van der Waals surface area contributed by atoms with E-state index in [0.29, 0.717) is 60.6 Å². The summed E-state index contributed by atoms with van der Waals surface area (Å²) in [6.07, 6.45) is 1.45. The van der Waals surface area contributed by atoms with Crippen LogP contribution in [0.3, 0.4) is 0 Å². The van der Waals surface area contributed by atoms with Crippen LogP contribution in [0, 0.1) is 0 Å². The highest BCUT2D eigenvalue weighted by molar-refractivity contribution is 6.41. The average Bonchev–Trinajstić information content (AvgIpc) is 3.34. The highest BCUT2D eigenvalue weighted by atomic mass is 35.5. The van der Waals surface area contributed by atoms with Crippen molar-refractivity contribution in [3.05, 3.63) is 117 Å². The zero-order valence-corrected chi connectivity index (χ0v) is 23.8. The summed E-state index contributed by atoms with van der Waals surface area (Å²) < 4.78 is 11.2. The molecule has 4 aromatic carbocycles. The van der Waals surface area contributed by atoms with Gasteiger partial charge in [-0.05, 0) is 61.0 Å². The van der Waals surface area contributed by atoms with E-state index in [9.17, 15) is 9.59 Å². The van der Waals surface area contributed by atoms with Crippen molar-refractivity contribution in [2.75, 3.05) is 6.61 Å². The Balaban J connectivity index is 1.40. The van der Waals surface area contributed by atoms with Gasteiger partial charge in [0.05, 0.1) is 23.4 Å². The predicted octanol–water partition coefficient (Wildman–Crippen LogP) is 8.18. The first-order valence-electron chi connectivity index (χ1n) is 12.5. The van der Waals surface area contributed by atoms with Gasteiger partial charge in [-0.15, -0.1) is 0 Å². The van der Waals surface area contributed by atoms with Gasteiger partial charge in [0, 0.05) is 32.1 Å². The van der Waals surface area contributed by atoms with Gasteiger partial charge in [-0.25, -0.2) is 10.2 Å². The Hall–Kier alpha value is -4.30. The van der Waals surface area contributed by atoms with E-state index in [1.165, 1.54) is 6.21 Å². The number of hydrogen-bond acceptors (Lipinski definition) is 5. The van der Waals surface area contributed by atoms with Gasteiger partial charge in [-0.3, -0.25) is 4.79 Å². The molecule has 2 N–H and O–H groups in total. The maximum atomic E-state index is 13.3. The lowest BCUT2D eigenvalue weighted by Crippen LogP contribution is -2.19. The number of aromatic amines is 1. The molecule has 0 fully saturated rings. The number of hydrazone groups is 1. The first kappa shape index (κ1) is 28.2. The normalized spacial score (nSPS) is 11.1. The van der Waals surface area contributed by atoms with E-state index in [1.54, 1.807) is 72.8 Å². The number of fused-ring (bicyclic) bond motifs is 1. The summed E-state index contributed by atoms with van der Waals surface area (Å²) in [5.41, 5.74) is 5.51. The van der Waals surface area contributed by atoms with Gasteiger partial charge in [0.2, 0.25) is 0 Å². The largest absolute Gasteiger partial charge is 0.490 e. The number of esters is 1. The standard InChI is InChI=1S/C31H22Cl3N3O4/c1-2-40-26-14-18(12-13-25(26)41-31(39)19-8-4-3-5-9-19)17-35-37-30(38)29-27(21-10-6-7-11-22(21)33)28-23(34)15-20(32)16-24(28)36-29/h3-17,36H,2H2,1H3,(H,37,38). The second kappa shape index (κ2) is 12.5. The number of H-pyrrole nitrogens is 1. The topological polar surface area (TPSA) is 92.8 Å². The summed E-state index contributed by atoms with van der Waals surface area (Å²) in [5.74, 6) is -0.401. The third kappa shape index (κ3) is 6.23. The molecule has 0 unspecified atom stereocenters. The average molecular weight is 607 g/mol. The van der Waals surface area contributed by atoms with Crippen molar-refractivity contribution >= 4 is 63.8 Å². The Bertz CT molecular complexity index is 1790. The molecule has 1 heterocycles. The number of aromatic nitrogens is 1. The molecule has 0 radical (unpaired) electrons. The molecule has 0 saturated carbocycles. The first-order valence-corrected chi connectivity index (χ1v) is 13.6. The Labute approximate surface area is 250 Å². The number of nitrogens with one attached hydrogen (secondary N) is 2. The number of halogens is 3. The molecule has 0 aliphatic rings. The number of carbonyl (C=O) groups excluding carboxylic acids is 2. The first-order chi connectivity index (χ1) is 19.9. The van der Waals surface area contributed by atoms with Crippen LogP contribution in [0.25, 0.3) is 22.0 Å². The number of benzene rings is 4. The van der Waals surface area contributed by atoms with Crippen LogP contribution in [-0.4, -0.2) is 29.7 Å². The summed E-state index contributed by atoms with van der Waals surface area (Å²) in [6.45, 7) is 2.17. The second-order valence-electron chi connectivity index (χ2n) is 8.76. The van der Waals surface area contributed by atoms with E-state index in [2.05, 4.69) is 15.5 Å². The van der Waals surface area contributed by atoms with Crippen molar-refractivity contribution in [3.63, 3.8) is 0 Å².